The van der Waals surface area contributed by atoms with E-state index in [4.69, 9.17) is 4.74 Å². The number of aliphatic hydroxyl groups is 3. The zero-order valence-electron chi connectivity index (χ0n) is 19.2. The molecule has 0 spiro atoms. The summed E-state index contributed by atoms with van der Waals surface area (Å²) in [6.45, 7) is 7.02. The van der Waals surface area contributed by atoms with Gasteiger partial charge in [0, 0.05) is 6.42 Å². The Labute approximate surface area is 181 Å². The molecule has 4 rings (SSSR count). The van der Waals surface area contributed by atoms with Crippen LogP contribution in [0.5, 0.6) is 0 Å². The van der Waals surface area contributed by atoms with Crippen LogP contribution in [-0.2, 0) is 9.53 Å². The number of fused-ring (bicyclic) bond motifs is 5. The van der Waals surface area contributed by atoms with Crippen LogP contribution >= 0.6 is 0 Å². The van der Waals surface area contributed by atoms with E-state index in [9.17, 15) is 20.1 Å². The molecular formula is C25H42O5. The molecule has 3 N–H and O–H groups in total. The van der Waals surface area contributed by atoms with Gasteiger partial charge in [-0.1, -0.05) is 20.8 Å². The Hall–Kier alpha value is -0.650. The number of aliphatic hydroxyl groups excluding tert-OH is 3. The molecule has 30 heavy (non-hydrogen) atoms. The van der Waals surface area contributed by atoms with E-state index in [2.05, 4.69) is 20.8 Å². The Morgan fingerprint density at radius 2 is 1.63 bits per heavy atom. The van der Waals surface area contributed by atoms with E-state index < -0.39 is 12.2 Å². The molecule has 0 saturated heterocycles. The van der Waals surface area contributed by atoms with Gasteiger partial charge in [0.05, 0.1) is 25.4 Å². The van der Waals surface area contributed by atoms with Crippen molar-refractivity contribution in [2.75, 3.05) is 7.11 Å². The zero-order chi connectivity index (χ0) is 21.8. The Kier molecular flexibility index (Phi) is 6.04. The van der Waals surface area contributed by atoms with E-state index in [1.54, 1.807) is 0 Å². The molecule has 4 aliphatic carbocycles. The van der Waals surface area contributed by atoms with Gasteiger partial charge in [0.25, 0.3) is 0 Å². The maximum absolute atomic E-state index is 11.7. The highest BCUT2D eigenvalue weighted by Gasteiger charge is 2.65. The Bertz CT molecular complexity index is 651. The third kappa shape index (κ3) is 3.34. The smallest absolute Gasteiger partial charge is 0.305 e. The van der Waals surface area contributed by atoms with Gasteiger partial charge >= 0.3 is 5.97 Å². The fraction of sp³-hybridized carbons (Fsp3) is 0.960. The van der Waals surface area contributed by atoms with Gasteiger partial charge in [-0.15, -0.1) is 0 Å². The number of esters is 1. The minimum atomic E-state index is -0.732. The quantitative estimate of drug-likeness (QED) is 0.603. The van der Waals surface area contributed by atoms with Crippen LogP contribution in [0.15, 0.2) is 0 Å². The topological polar surface area (TPSA) is 87.0 Å². The van der Waals surface area contributed by atoms with E-state index in [0.717, 1.165) is 38.5 Å². The van der Waals surface area contributed by atoms with Crippen LogP contribution in [0, 0.1) is 46.3 Å². The fourth-order valence-corrected chi connectivity index (χ4v) is 8.86. The van der Waals surface area contributed by atoms with Gasteiger partial charge in [-0.2, -0.15) is 0 Å². The van der Waals surface area contributed by atoms with Crippen molar-refractivity contribution in [3.63, 3.8) is 0 Å². The lowest BCUT2D eigenvalue weighted by Gasteiger charge is -2.63. The number of hydrogen-bond acceptors (Lipinski definition) is 5. The average molecular weight is 423 g/mol. The molecule has 4 saturated carbocycles. The number of methoxy groups -OCH3 is 1. The van der Waals surface area contributed by atoms with Crippen molar-refractivity contribution in [3.8, 4) is 0 Å². The molecule has 5 heteroatoms. The summed E-state index contributed by atoms with van der Waals surface area (Å²) in [5, 5.41) is 32.7. The maximum atomic E-state index is 11.7. The monoisotopic (exact) mass is 422 g/mol. The number of rotatable bonds is 4. The summed E-state index contributed by atoms with van der Waals surface area (Å²) in [7, 11) is 1.45. The first kappa shape index (κ1) is 22.5. The predicted molar refractivity (Wildman–Crippen MR) is 114 cm³/mol. The molecule has 0 radical (unpaired) electrons. The van der Waals surface area contributed by atoms with Gasteiger partial charge in [0.1, 0.15) is 0 Å². The number of ether oxygens (including phenoxy) is 1. The molecule has 0 aliphatic heterocycles. The van der Waals surface area contributed by atoms with Gasteiger partial charge in [-0.25, -0.2) is 0 Å². The molecule has 0 unspecified atom stereocenters. The van der Waals surface area contributed by atoms with Crippen LogP contribution in [0.4, 0.5) is 0 Å². The third-order valence-electron chi connectivity index (χ3n) is 10.5. The number of carbonyl (C=O) groups excluding carboxylic acids is 1. The SMILES string of the molecule is COC(=O)CC[C@@H](C)[C@H]1CC[C@H]2[C@@H]3[C@@H](O)[C@@H](O)[C@@H]4C[C@@H](O)CC[C@]4(C)[C@H]3CC[C@]12C. The van der Waals surface area contributed by atoms with E-state index in [1.165, 1.54) is 13.5 Å². The summed E-state index contributed by atoms with van der Waals surface area (Å²) in [5.74, 6) is 1.87. The first-order valence-corrected chi connectivity index (χ1v) is 12.2. The summed E-state index contributed by atoms with van der Waals surface area (Å²) in [6.07, 6.45) is 6.48. The van der Waals surface area contributed by atoms with Gasteiger partial charge in [0.2, 0.25) is 0 Å². The Morgan fingerprint density at radius 3 is 2.33 bits per heavy atom. The highest BCUT2D eigenvalue weighted by molar-refractivity contribution is 5.69. The number of hydrogen-bond donors (Lipinski definition) is 3. The van der Waals surface area contributed by atoms with E-state index in [0.29, 0.717) is 36.5 Å². The largest absolute Gasteiger partial charge is 0.469 e. The molecule has 4 fully saturated rings. The second-order valence-corrected chi connectivity index (χ2v) is 11.6. The highest BCUT2D eigenvalue weighted by Crippen LogP contribution is 2.68. The highest BCUT2D eigenvalue weighted by atomic mass is 16.5. The molecule has 0 heterocycles. The van der Waals surface area contributed by atoms with Gasteiger partial charge in [0.15, 0.2) is 0 Å². The third-order valence-corrected chi connectivity index (χ3v) is 10.5. The molecular weight excluding hydrogens is 380 g/mol. The van der Waals surface area contributed by atoms with Crippen LogP contribution in [0.25, 0.3) is 0 Å². The van der Waals surface area contributed by atoms with Crippen molar-refractivity contribution in [3.05, 3.63) is 0 Å². The minimum absolute atomic E-state index is 0.00182. The van der Waals surface area contributed by atoms with E-state index in [1.807, 2.05) is 0 Å². The second kappa shape index (κ2) is 8.04. The first-order chi connectivity index (χ1) is 14.1. The van der Waals surface area contributed by atoms with Crippen LogP contribution in [-0.4, -0.2) is 46.7 Å². The number of carbonyl (C=O) groups is 1. The molecule has 0 aromatic rings. The molecule has 172 valence electrons. The molecule has 0 aromatic heterocycles. The standard InChI is InChI=1S/C25H42O5/c1-14(5-8-20(27)30-4)16-6-7-17-21-18(10-12-24(16,17)2)25(3)11-9-15(26)13-19(25)22(28)23(21)29/h14-19,21-23,26,28-29H,5-13H2,1-4H3/t14-,15+,16-,17+,18+,19+,21+,22+,23-,24-,25-/m1/s1. The van der Waals surface area contributed by atoms with E-state index >= 15 is 0 Å². The van der Waals surface area contributed by atoms with Crippen molar-refractivity contribution in [2.45, 2.75) is 96.9 Å². The van der Waals surface area contributed by atoms with Gasteiger partial charge in [-0.3, -0.25) is 4.79 Å². The van der Waals surface area contributed by atoms with E-state index in [-0.39, 0.29) is 34.7 Å². The van der Waals surface area contributed by atoms with Crippen molar-refractivity contribution < 1.29 is 24.9 Å². The lowest BCUT2D eigenvalue weighted by Crippen LogP contribution is -2.64. The molecule has 11 atom stereocenters. The summed E-state index contributed by atoms with van der Waals surface area (Å²) in [4.78, 5) is 11.7. The molecule has 0 amide bonds. The van der Waals surface area contributed by atoms with Crippen molar-refractivity contribution in [1.82, 2.24) is 0 Å². The molecule has 5 nitrogen and oxygen atoms in total. The molecule has 4 aliphatic rings. The maximum Gasteiger partial charge on any atom is 0.305 e. The predicted octanol–water partition coefficient (Wildman–Crippen LogP) is 3.54. The van der Waals surface area contributed by atoms with Crippen molar-refractivity contribution in [1.29, 1.82) is 0 Å². The first-order valence-electron chi connectivity index (χ1n) is 12.2. The average Bonchev–Trinajstić information content (AvgIpc) is 3.08. The molecule has 0 aromatic carbocycles. The van der Waals surface area contributed by atoms with Gasteiger partial charge in [-0.05, 0) is 97.7 Å². The Balaban J connectivity index is 1.56. The Morgan fingerprint density at radius 1 is 0.967 bits per heavy atom. The summed E-state index contributed by atoms with van der Waals surface area (Å²) >= 11 is 0. The summed E-state index contributed by atoms with van der Waals surface area (Å²) in [6, 6.07) is 0. The lowest BCUT2D eigenvalue weighted by molar-refractivity contribution is -0.223. The van der Waals surface area contributed by atoms with Gasteiger partial charge < -0.3 is 20.1 Å². The fourth-order valence-electron chi connectivity index (χ4n) is 8.86. The van der Waals surface area contributed by atoms with Crippen LogP contribution in [0.2, 0.25) is 0 Å². The summed E-state index contributed by atoms with van der Waals surface area (Å²) in [5.41, 5.74) is 0.174. The normalized spacial score (nSPS) is 51.4. The lowest BCUT2D eigenvalue weighted by atomic mass is 9.43. The second-order valence-electron chi connectivity index (χ2n) is 11.6. The molecule has 0 bridgehead atoms. The van der Waals surface area contributed by atoms with Crippen LogP contribution in [0.3, 0.4) is 0 Å². The minimum Gasteiger partial charge on any atom is -0.469 e. The summed E-state index contributed by atoms with van der Waals surface area (Å²) < 4.78 is 4.84. The zero-order valence-corrected chi connectivity index (χ0v) is 19.2. The van der Waals surface area contributed by atoms with Crippen molar-refractivity contribution in [2.24, 2.45) is 46.3 Å². The van der Waals surface area contributed by atoms with Crippen LogP contribution in [0.1, 0.15) is 78.6 Å². The van der Waals surface area contributed by atoms with Crippen molar-refractivity contribution >= 4 is 5.97 Å². The van der Waals surface area contributed by atoms with Crippen LogP contribution < -0.4 is 0 Å².